The third kappa shape index (κ3) is 4.10. The van der Waals surface area contributed by atoms with Crippen LogP contribution in [-0.4, -0.2) is 40.9 Å². The van der Waals surface area contributed by atoms with Crippen LogP contribution in [0.15, 0.2) is 52.3 Å². The number of carbonyl (C=O) groups excluding carboxylic acids is 1. The van der Waals surface area contributed by atoms with Crippen LogP contribution in [0, 0.1) is 0 Å². The van der Waals surface area contributed by atoms with Gasteiger partial charge in [-0.15, -0.1) is 0 Å². The van der Waals surface area contributed by atoms with Crippen LogP contribution in [0.4, 0.5) is 14.5 Å². The van der Waals surface area contributed by atoms with E-state index < -0.39 is 31.7 Å². The third-order valence-corrected chi connectivity index (χ3v) is 7.25. The number of hydrogen-bond acceptors (Lipinski definition) is 6. The molecule has 3 rings (SSSR count). The molecule has 0 aliphatic carbocycles. The summed E-state index contributed by atoms with van der Waals surface area (Å²) < 4.78 is 79.9. The van der Waals surface area contributed by atoms with E-state index in [9.17, 15) is 30.4 Å². The molecule has 0 radical (unpaired) electrons. The van der Waals surface area contributed by atoms with Crippen molar-refractivity contribution in [1.29, 1.82) is 0 Å². The first kappa shape index (κ1) is 21.2. The van der Waals surface area contributed by atoms with Gasteiger partial charge in [-0.25, -0.2) is 16.8 Å². The molecule has 156 valence electrons. The highest BCUT2D eigenvalue weighted by Gasteiger charge is 2.50. The number of hydrogen-bond donors (Lipinski definition) is 0. The number of ether oxygens (including phenoxy) is 1. The maximum atomic E-state index is 14.0. The quantitative estimate of drug-likeness (QED) is 0.701. The molecule has 0 aromatic heterocycles. The minimum absolute atomic E-state index is 0.0385. The zero-order valence-electron chi connectivity index (χ0n) is 15.4. The summed E-state index contributed by atoms with van der Waals surface area (Å²) in [6.07, 6.45) is -3.09. The summed E-state index contributed by atoms with van der Waals surface area (Å²) in [5, 5.41) is 0. The van der Waals surface area contributed by atoms with E-state index in [-0.39, 0.29) is 33.5 Å². The first-order chi connectivity index (χ1) is 13.3. The van der Waals surface area contributed by atoms with Gasteiger partial charge < -0.3 is 4.74 Å². The van der Waals surface area contributed by atoms with Crippen molar-refractivity contribution < 1.29 is 35.1 Å². The lowest BCUT2D eigenvalue weighted by atomic mass is 10.1. The van der Waals surface area contributed by atoms with Crippen LogP contribution in [0.1, 0.15) is 12.5 Å². The summed E-state index contributed by atoms with van der Waals surface area (Å²) in [6.45, 7) is 1.11. The van der Waals surface area contributed by atoms with E-state index >= 15 is 0 Å². The summed E-state index contributed by atoms with van der Waals surface area (Å²) in [7, 11) is -7.09. The van der Waals surface area contributed by atoms with E-state index in [1.807, 2.05) is 0 Å². The Morgan fingerprint density at radius 1 is 1.00 bits per heavy atom. The van der Waals surface area contributed by atoms with Crippen molar-refractivity contribution in [3.8, 4) is 5.75 Å². The number of carbonyl (C=O) groups is 1. The molecule has 1 aliphatic rings. The highest BCUT2D eigenvalue weighted by molar-refractivity contribution is 7.91. The van der Waals surface area contributed by atoms with Crippen LogP contribution in [0.3, 0.4) is 0 Å². The van der Waals surface area contributed by atoms with E-state index in [1.165, 1.54) is 31.2 Å². The average Bonchev–Trinajstić information content (AvgIpc) is 2.64. The molecule has 0 fully saturated rings. The normalized spacial score (nSPS) is 16.3. The van der Waals surface area contributed by atoms with E-state index in [1.54, 1.807) is 0 Å². The van der Waals surface area contributed by atoms with Gasteiger partial charge in [-0.05, 0) is 35.9 Å². The first-order valence-corrected chi connectivity index (χ1v) is 11.9. The Labute approximate surface area is 166 Å². The van der Waals surface area contributed by atoms with Crippen LogP contribution in [-0.2, 0) is 31.0 Å². The van der Waals surface area contributed by atoms with E-state index in [0.717, 1.165) is 29.4 Å². The van der Waals surface area contributed by atoms with Gasteiger partial charge in [0, 0.05) is 6.26 Å². The summed E-state index contributed by atoms with van der Waals surface area (Å²) in [5.74, 6) is -2.19. The Hall–Kier alpha value is -2.53. The topological polar surface area (TPSA) is 97.8 Å². The molecule has 1 heterocycles. The molecule has 0 bridgehead atoms. The molecular formula is C18H17F2NO6S2. The lowest BCUT2D eigenvalue weighted by molar-refractivity contribution is -0.193. The Balaban J connectivity index is 2.06. The van der Waals surface area contributed by atoms with Crippen LogP contribution >= 0.6 is 0 Å². The first-order valence-electron chi connectivity index (χ1n) is 8.40. The van der Waals surface area contributed by atoms with Gasteiger partial charge in [-0.2, -0.15) is 8.78 Å². The van der Waals surface area contributed by atoms with Crippen molar-refractivity contribution in [2.24, 2.45) is 0 Å². The van der Waals surface area contributed by atoms with E-state index in [4.69, 9.17) is 0 Å². The molecule has 1 aliphatic heterocycles. The van der Waals surface area contributed by atoms with Crippen molar-refractivity contribution in [3.05, 3.63) is 48.0 Å². The summed E-state index contributed by atoms with van der Waals surface area (Å²) in [5.41, 5.74) is 0.265. The van der Waals surface area contributed by atoms with Crippen molar-refractivity contribution in [2.75, 3.05) is 16.9 Å². The van der Waals surface area contributed by atoms with Gasteiger partial charge in [0.2, 0.25) is 0 Å². The number of alkyl halides is 2. The zero-order chi connectivity index (χ0) is 21.6. The standard InChI is InChI=1S/C18H17F2NO6S2/c1-3-29(25,26)14-8-9-16-15(10-14)21(17(22)18(19,20)27-16)11-12-4-6-13(7-5-12)28(2,23)24/h4-10H,3,11H2,1-2H3. The monoisotopic (exact) mass is 445 g/mol. The summed E-state index contributed by atoms with van der Waals surface area (Å²) >= 11 is 0. The second-order valence-corrected chi connectivity index (χ2v) is 10.8. The number of sulfone groups is 2. The number of anilines is 1. The van der Waals surface area contributed by atoms with Crippen molar-refractivity contribution >= 4 is 31.3 Å². The van der Waals surface area contributed by atoms with E-state index in [2.05, 4.69) is 4.74 Å². The zero-order valence-corrected chi connectivity index (χ0v) is 17.1. The second kappa shape index (κ2) is 7.06. The molecule has 0 unspecified atom stereocenters. The van der Waals surface area contributed by atoms with Crippen LogP contribution < -0.4 is 9.64 Å². The lowest BCUT2D eigenvalue weighted by Crippen LogP contribution is -2.50. The lowest BCUT2D eigenvalue weighted by Gasteiger charge is -2.33. The Morgan fingerprint density at radius 2 is 1.59 bits per heavy atom. The molecule has 0 spiro atoms. The molecule has 1 amide bonds. The number of rotatable bonds is 5. The number of amides is 1. The fraction of sp³-hybridized carbons (Fsp3) is 0.278. The Morgan fingerprint density at radius 3 is 2.14 bits per heavy atom. The number of halogens is 2. The maximum absolute atomic E-state index is 14.0. The number of benzene rings is 2. The fourth-order valence-electron chi connectivity index (χ4n) is 2.78. The van der Waals surface area contributed by atoms with Gasteiger partial charge in [0.05, 0.1) is 27.8 Å². The highest BCUT2D eigenvalue weighted by atomic mass is 32.2. The molecule has 0 atom stereocenters. The van der Waals surface area contributed by atoms with Gasteiger partial charge >= 0.3 is 12.0 Å². The fourth-order valence-corrected chi connectivity index (χ4v) is 4.31. The van der Waals surface area contributed by atoms with Crippen molar-refractivity contribution in [2.45, 2.75) is 29.4 Å². The summed E-state index contributed by atoms with van der Waals surface area (Å²) in [6, 6.07) is 8.72. The SMILES string of the molecule is CCS(=O)(=O)c1ccc2c(c1)N(Cc1ccc(S(C)(=O)=O)cc1)C(=O)C(F)(F)O2. The molecule has 0 saturated heterocycles. The molecule has 0 saturated carbocycles. The van der Waals surface area contributed by atoms with Crippen molar-refractivity contribution in [3.63, 3.8) is 0 Å². The number of nitrogens with zero attached hydrogens (tertiary/aromatic N) is 1. The van der Waals surface area contributed by atoms with E-state index in [0.29, 0.717) is 5.56 Å². The van der Waals surface area contributed by atoms with Gasteiger partial charge in [-0.1, -0.05) is 19.1 Å². The third-order valence-electron chi connectivity index (χ3n) is 4.38. The molecule has 7 nitrogen and oxygen atoms in total. The summed E-state index contributed by atoms with van der Waals surface area (Å²) in [4.78, 5) is 12.9. The smallest absolute Gasteiger partial charge is 0.423 e. The molecule has 2 aromatic carbocycles. The second-order valence-electron chi connectivity index (χ2n) is 6.46. The van der Waals surface area contributed by atoms with Crippen molar-refractivity contribution in [1.82, 2.24) is 0 Å². The van der Waals surface area contributed by atoms with Gasteiger partial charge in [0.1, 0.15) is 0 Å². The molecule has 29 heavy (non-hydrogen) atoms. The van der Waals surface area contributed by atoms with Gasteiger partial charge in [0.15, 0.2) is 25.4 Å². The van der Waals surface area contributed by atoms with Crippen LogP contribution in [0.2, 0.25) is 0 Å². The highest BCUT2D eigenvalue weighted by Crippen LogP contribution is 2.41. The van der Waals surface area contributed by atoms with Gasteiger partial charge in [-0.3, -0.25) is 9.69 Å². The van der Waals surface area contributed by atoms with Gasteiger partial charge in [0.25, 0.3) is 0 Å². The van der Waals surface area contributed by atoms with Crippen LogP contribution in [0.5, 0.6) is 5.75 Å². The Kier molecular flexibility index (Phi) is 5.16. The predicted molar refractivity (Wildman–Crippen MR) is 100 cm³/mol. The minimum atomic E-state index is -4.12. The number of fused-ring (bicyclic) bond motifs is 1. The predicted octanol–water partition coefficient (Wildman–Crippen LogP) is 2.40. The largest absolute Gasteiger partial charge is 0.482 e. The molecule has 2 aromatic rings. The van der Waals surface area contributed by atoms with Crippen LogP contribution in [0.25, 0.3) is 0 Å². The average molecular weight is 445 g/mol. The maximum Gasteiger partial charge on any atom is 0.482 e. The Bertz CT molecular complexity index is 1180. The molecular weight excluding hydrogens is 428 g/mol. The minimum Gasteiger partial charge on any atom is -0.423 e. The molecule has 11 heteroatoms. The molecule has 0 N–H and O–H groups in total.